The number of piperazine rings is 1. The number of para-hydroxylation sites is 2. The van der Waals surface area contributed by atoms with E-state index in [2.05, 4.69) is 10.2 Å². The van der Waals surface area contributed by atoms with Gasteiger partial charge in [-0.25, -0.2) is 0 Å². The van der Waals surface area contributed by atoms with Crippen molar-refractivity contribution < 1.29 is 19.1 Å². The van der Waals surface area contributed by atoms with Gasteiger partial charge >= 0.3 is 0 Å². The van der Waals surface area contributed by atoms with E-state index in [1.807, 2.05) is 24.3 Å². The van der Waals surface area contributed by atoms with Crippen LogP contribution in [0.4, 0.5) is 11.4 Å². The Hall–Kier alpha value is -3.22. The van der Waals surface area contributed by atoms with E-state index in [0.717, 1.165) is 11.4 Å². The number of benzene rings is 2. The van der Waals surface area contributed by atoms with Gasteiger partial charge in [0.2, 0.25) is 11.8 Å². The number of ether oxygens (including phenoxy) is 2. The second-order valence-electron chi connectivity index (χ2n) is 6.49. The van der Waals surface area contributed by atoms with Gasteiger partial charge < -0.3 is 24.6 Å². The van der Waals surface area contributed by atoms with E-state index in [1.54, 1.807) is 43.4 Å². The predicted molar refractivity (Wildman–Crippen MR) is 108 cm³/mol. The van der Waals surface area contributed by atoms with E-state index >= 15 is 0 Å². The molecule has 148 valence electrons. The van der Waals surface area contributed by atoms with Crippen LogP contribution in [0.5, 0.6) is 11.5 Å². The average Bonchev–Trinajstić information content (AvgIpc) is 2.74. The Morgan fingerprint density at radius 3 is 2.25 bits per heavy atom. The van der Waals surface area contributed by atoms with E-state index in [4.69, 9.17) is 9.47 Å². The van der Waals surface area contributed by atoms with Crippen molar-refractivity contribution in [1.82, 2.24) is 4.90 Å². The third-order valence-electron chi connectivity index (χ3n) is 4.74. The molecule has 2 amide bonds. The molecule has 2 aromatic rings. The van der Waals surface area contributed by atoms with E-state index in [0.29, 0.717) is 37.6 Å². The third kappa shape index (κ3) is 4.73. The maximum atomic E-state index is 12.5. The van der Waals surface area contributed by atoms with E-state index in [-0.39, 0.29) is 18.2 Å². The smallest absolute Gasteiger partial charge is 0.233 e. The number of hydrogen-bond acceptors (Lipinski definition) is 5. The second kappa shape index (κ2) is 9.12. The van der Waals surface area contributed by atoms with Gasteiger partial charge in [0.25, 0.3) is 0 Å². The number of carbonyl (C=O) groups excluding carboxylic acids is 2. The highest BCUT2D eigenvalue weighted by Gasteiger charge is 2.24. The lowest BCUT2D eigenvalue weighted by Crippen LogP contribution is -2.49. The van der Waals surface area contributed by atoms with Crippen LogP contribution in [0, 0.1) is 0 Å². The van der Waals surface area contributed by atoms with Gasteiger partial charge in [0.1, 0.15) is 17.9 Å². The van der Waals surface area contributed by atoms with Crippen molar-refractivity contribution in [1.29, 1.82) is 0 Å². The van der Waals surface area contributed by atoms with Gasteiger partial charge in [-0.3, -0.25) is 9.59 Å². The Labute approximate surface area is 164 Å². The molecule has 0 aliphatic carbocycles. The molecule has 1 aliphatic rings. The van der Waals surface area contributed by atoms with Crippen LogP contribution in [0.1, 0.15) is 6.42 Å². The first kappa shape index (κ1) is 19.5. The predicted octanol–water partition coefficient (Wildman–Crippen LogP) is 2.38. The van der Waals surface area contributed by atoms with Gasteiger partial charge in [-0.05, 0) is 36.4 Å². The minimum atomic E-state index is -0.317. The highest BCUT2D eigenvalue weighted by atomic mass is 16.5. The van der Waals surface area contributed by atoms with E-state index < -0.39 is 0 Å². The van der Waals surface area contributed by atoms with Gasteiger partial charge in [0, 0.05) is 31.9 Å². The zero-order chi connectivity index (χ0) is 19.9. The van der Waals surface area contributed by atoms with E-state index in [9.17, 15) is 9.59 Å². The van der Waals surface area contributed by atoms with Crippen LogP contribution in [-0.4, -0.2) is 57.1 Å². The number of nitrogens with zero attached hydrogens (tertiary/aromatic N) is 2. The summed E-state index contributed by atoms with van der Waals surface area (Å²) in [5, 5.41) is 2.74. The van der Waals surface area contributed by atoms with Crippen molar-refractivity contribution in [2.24, 2.45) is 0 Å². The summed E-state index contributed by atoms with van der Waals surface area (Å²) >= 11 is 0. The first-order valence-electron chi connectivity index (χ1n) is 9.20. The Kier molecular flexibility index (Phi) is 6.37. The molecular weight excluding hydrogens is 358 g/mol. The fraction of sp³-hybridized carbons (Fsp3) is 0.333. The molecule has 0 radical (unpaired) electrons. The Balaban J connectivity index is 1.50. The SMILES string of the molecule is COc1ccc(NC(=O)CC(=O)N2CCN(c3ccccc3OC)CC2)cc1. The molecule has 0 saturated carbocycles. The van der Waals surface area contributed by atoms with Crippen molar-refractivity contribution in [2.45, 2.75) is 6.42 Å². The molecule has 1 N–H and O–H groups in total. The van der Waals surface area contributed by atoms with Gasteiger partial charge in [0.15, 0.2) is 0 Å². The highest BCUT2D eigenvalue weighted by molar-refractivity contribution is 6.03. The molecule has 1 heterocycles. The quantitative estimate of drug-likeness (QED) is 0.776. The molecule has 0 aromatic heterocycles. The van der Waals surface area contributed by atoms with Crippen molar-refractivity contribution in [3.8, 4) is 11.5 Å². The summed E-state index contributed by atoms with van der Waals surface area (Å²) in [7, 11) is 3.24. The number of methoxy groups -OCH3 is 2. The number of rotatable bonds is 6. The molecule has 0 unspecified atom stereocenters. The minimum Gasteiger partial charge on any atom is -0.497 e. The summed E-state index contributed by atoms with van der Waals surface area (Å²) < 4.78 is 10.5. The summed E-state index contributed by atoms with van der Waals surface area (Å²) in [5.41, 5.74) is 1.66. The maximum absolute atomic E-state index is 12.5. The molecule has 2 aromatic carbocycles. The van der Waals surface area contributed by atoms with Crippen LogP contribution >= 0.6 is 0 Å². The summed E-state index contributed by atoms with van der Waals surface area (Å²) in [6, 6.07) is 14.8. The van der Waals surface area contributed by atoms with Crippen molar-refractivity contribution in [3.63, 3.8) is 0 Å². The molecule has 7 nitrogen and oxygen atoms in total. The van der Waals surface area contributed by atoms with Crippen LogP contribution < -0.4 is 19.7 Å². The van der Waals surface area contributed by atoms with Gasteiger partial charge in [-0.2, -0.15) is 0 Å². The summed E-state index contributed by atoms with van der Waals surface area (Å²) in [6.45, 7) is 2.55. The Bertz CT molecular complexity index is 815. The van der Waals surface area contributed by atoms with Crippen LogP contribution in [0.3, 0.4) is 0 Å². The van der Waals surface area contributed by atoms with Gasteiger partial charge in [-0.1, -0.05) is 12.1 Å². The van der Waals surface area contributed by atoms with Crippen LogP contribution in [0.25, 0.3) is 0 Å². The van der Waals surface area contributed by atoms with Crippen molar-refractivity contribution in [2.75, 3.05) is 50.6 Å². The molecule has 28 heavy (non-hydrogen) atoms. The number of nitrogens with one attached hydrogen (secondary N) is 1. The van der Waals surface area contributed by atoms with Crippen LogP contribution in [0.15, 0.2) is 48.5 Å². The largest absolute Gasteiger partial charge is 0.497 e. The number of hydrogen-bond donors (Lipinski definition) is 1. The lowest BCUT2D eigenvalue weighted by Gasteiger charge is -2.36. The molecule has 1 fully saturated rings. The molecule has 1 saturated heterocycles. The van der Waals surface area contributed by atoms with Crippen LogP contribution in [0.2, 0.25) is 0 Å². The maximum Gasteiger partial charge on any atom is 0.233 e. The zero-order valence-electron chi connectivity index (χ0n) is 16.2. The lowest BCUT2D eigenvalue weighted by atomic mass is 10.2. The normalized spacial score (nSPS) is 13.8. The first-order chi connectivity index (χ1) is 13.6. The monoisotopic (exact) mass is 383 g/mol. The number of anilines is 2. The van der Waals surface area contributed by atoms with Crippen molar-refractivity contribution >= 4 is 23.2 Å². The second-order valence-corrected chi connectivity index (χ2v) is 6.49. The fourth-order valence-electron chi connectivity index (χ4n) is 3.22. The Morgan fingerprint density at radius 2 is 1.61 bits per heavy atom. The Morgan fingerprint density at radius 1 is 0.929 bits per heavy atom. The number of amides is 2. The lowest BCUT2D eigenvalue weighted by molar-refractivity contribution is -0.134. The zero-order valence-corrected chi connectivity index (χ0v) is 16.2. The summed E-state index contributed by atoms with van der Waals surface area (Å²) in [4.78, 5) is 28.6. The average molecular weight is 383 g/mol. The van der Waals surface area contributed by atoms with Gasteiger partial charge in [0.05, 0.1) is 19.9 Å². The molecule has 0 atom stereocenters. The fourth-order valence-corrected chi connectivity index (χ4v) is 3.22. The van der Waals surface area contributed by atoms with Crippen molar-refractivity contribution in [3.05, 3.63) is 48.5 Å². The standard InChI is InChI=1S/C21H25N3O4/c1-27-17-9-7-16(8-10-17)22-20(25)15-21(26)24-13-11-23(12-14-24)18-5-3-4-6-19(18)28-2/h3-10H,11-15H2,1-2H3,(H,22,25). The van der Waals surface area contributed by atoms with E-state index in [1.165, 1.54) is 0 Å². The topological polar surface area (TPSA) is 71.1 Å². The molecule has 7 heteroatoms. The highest BCUT2D eigenvalue weighted by Crippen LogP contribution is 2.28. The van der Waals surface area contributed by atoms with Gasteiger partial charge in [-0.15, -0.1) is 0 Å². The third-order valence-corrected chi connectivity index (χ3v) is 4.74. The molecule has 1 aliphatic heterocycles. The summed E-state index contributed by atoms with van der Waals surface area (Å²) in [6.07, 6.45) is -0.166. The molecule has 0 spiro atoms. The molecule has 0 bridgehead atoms. The first-order valence-corrected chi connectivity index (χ1v) is 9.20. The van der Waals surface area contributed by atoms with Crippen LogP contribution in [-0.2, 0) is 9.59 Å². The summed E-state index contributed by atoms with van der Waals surface area (Å²) in [5.74, 6) is 1.05. The number of carbonyl (C=O) groups is 2. The minimum absolute atomic E-state index is 0.161. The molecule has 3 rings (SSSR count). The molecular formula is C21H25N3O4.